The van der Waals surface area contributed by atoms with Gasteiger partial charge in [-0.2, -0.15) is 0 Å². The summed E-state index contributed by atoms with van der Waals surface area (Å²) in [7, 11) is 1.42. The van der Waals surface area contributed by atoms with Gasteiger partial charge in [0.15, 0.2) is 0 Å². The third-order valence-corrected chi connectivity index (χ3v) is 7.64. The van der Waals surface area contributed by atoms with Gasteiger partial charge in [0.05, 0.1) is 0 Å². The molecule has 0 aromatic carbocycles. The Labute approximate surface area is 122 Å². The molecule has 0 amide bonds. The lowest BCUT2D eigenvalue weighted by atomic mass is 9.73. The van der Waals surface area contributed by atoms with E-state index in [1.807, 2.05) is 0 Å². The Morgan fingerprint density at radius 1 is 1.35 bits per heavy atom. The summed E-state index contributed by atoms with van der Waals surface area (Å²) in [5, 5.41) is 3.85. The van der Waals surface area contributed by atoms with E-state index in [1.165, 1.54) is 6.42 Å². The van der Waals surface area contributed by atoms with Gasteiger partial charge in [-0.25, -0.2) is 0 Å². The molecule has 0 spiro atoms. The molecule has 17 heavy (non-hydrogen) atoms. The third-order valence-electron chi connectivity index (χ3n) is 4.28. The Morgan fingerprint density at radius 2 is 2.00 bits per heavy atom. The molecule has 1 N–H and O–H groups in total. The summed E-state index contributed by atoms with van der Waals surface area (Å²) in [4.78, 5) is 0. The zero-order valence-corrected chi connectivity index (χ0v) is 14.4. The van der Waals surface area contributed by atoms with Crippen molar-refractivity contribution in [1.29, 1.82) is 0 Å². The quantitative estimate of drug-likeness (QED) is 0.595. The van der Waals surface area contributed by atoms with Gasteiger partial charge in [-0.15, -0.1) is 0 Å². The fraction of sp³-hybridized carbons (Fsp3) is 1.00. The summed E-state index contributed by atoms with van der Waals surface area (Å²) in [5.74, 6) is 2.68. The highest BCUT2D eigenvalue weighted by molar-refractivity contribution is 14.1. The Kier molecular flexibility index (Phi) is 6.95. The number of hydrogen-bond donors (Lipinski definition) is 1. The first kappa shape index (κ1) is 15.9. The van der Waals surface area contributed by atoms with Crippen molar-refractivity contribution in [1.82, 2.24) is 5.32 Å². The zero-order valence-electron chi connectivity index (χ0n) is 11.4. The minimum absolute atomic E-state index is 0.409. The van der Waals surface area contributed by atoms with Gasteiger partial charge in [-0.05, 0) is 37.6 Å². The molecule has 1 aliphatic carbocycles. The maximum atomic E-state index is 12.4. The number of halogens is 1. The molecule has 0 aromatic rings. The van der Waals surface area contributed by atoms with Crippen LogP contribution in [0.25, 0.3) is 0 Å². The molecule has 1 saturated carbocycles. The molecule has 0 bridgehead atoms. The Balaban J connectivity index is 2.83. The third kappa shape index (κ3) is 3.66. The number of nitrogens with one attached hydrogen (secondary N) is 1. The molecule has 2 nitrogen and oxygen atoms in total. The molecular weight excluding hydrogens is 345 g/mol. The molecule has 1 fully saturated rings. The van der Waals surface area contributed by atoms with Crippen LogP contribution >= 0.6 is 22.6 Å². The van der Waals surface area contributed by atoms with Crippen molar-refractivity contribution in [2.24, 2.45) is 17.8 Å². The first-order valence-electron chi connectivity index (χ1n) is 6.67. The molecule has 6 unspecified atom stereocenters. The van der Waals surface area contributed by atoms with Crippen LogP contribution in [0.1, 0.15) is 33.6 Å². The van der Waals surface area contributed by atoms with Crippen LogP contribution in [0, 0.1) is 17.8 Å². The topological polar surface area (TPSA) is 29.1 Å². The summed E-state index contributed by atoms with van der Waals surface area (Å²) < 4.78 is 13.5. The summed E-state index contributed by atoms with van der Waals surface area (Å²) in [6.45, 7) is 6.74. The van der Waals surface area contributed by atoms with Gasteiger partial charge in [0.2, 0.25) is 0 Å². The van der Waals surface area contributed by atoms with E-state index in [9.17, 15) is 4.21 Å². The first-order chi connectivity index (χ1) is 8.06. The van der Waals surface area contributed by atoms with Gasteiger partial charge < -0.3 is 5.32 Å². The lowest BCUT2D eigenvalue weighted by Gasteiger charge is -2.44. The Morgan fingerprint density at radius 3 is 2.47 bits per heavy atom. The molecule has 1 rings (SSSR count). The molecule has 4 heteroatoms. The fourth-order valence-corrected chi connectivity index (χ4v) is 6.38. The second kappa shape index (κ2) is 7.43. The Hall–Kier alpha value is 0.840. The van der Waals surface area contributed by atoms with E-state index < -0.39 is 10.8 Å². The van der Waals surface area contributed by atoms with E-state index >= 15 is 0 Å². The molecule has 0 radical (unpaired) electrons. The van der Waals surface area contributed by atoms with Gasteiger partial charge in [0.1, 0.15) is 0 Å². The fourth-order valence-electron chi connectivity index (χ4n) is 3.09. The van der Waals surface area contributed by atoms with Gasteiger partial charge >= 0.3 is 0 Å². The lowest BCUT2D eigenvalue weighted by Crippen LogP contribution is -2.51. The van der Waals surface area contributed by atoms with Crippen molar-refractivity contribution in [2.75, 3.05) is 17.2 Å². The van der Waals surface area contributed by atoms with Crippen molar-refractivity contribution >= 4 is 33.4 Å². The van der Waals surface area contributed by atoms with Crippen LogP contribution in [0.3, 0.4) is 0 Å². The predicted molar refractivity (Wildman–Crippen MR) is 85.3 cm³/mol. The van der Waals surface area contributed by atoms with Crippen LogP contribution in [-0.2, 0) is 10.8 Å². The minimum atomic E-state index is -0.637. The molecule has 6 atom stereocenters. The second-order valence-corrected chi connectivity index (χ2v) is 7.91. The van der Waals surface area contributed by atoms with Crippen LogP contribution in [-0.4, -0.2) is 32.7 Å². The average molecular weight is 371 g/mol. The molecule has 1 aliphatic rings. The molecule has 102 valence electrons. The molecule has 0 aliphatic heterocycles. The van der Waals surface area contributed by atoms with Gasteiger partial charge in [-0.1, -0.05) is 43.4 Å². The van der Waals surface area contributed by atoms with Gasteiger partial charge in [-0.3, -0.25) is 4.21 Å². The van der Waals surface area contributed by atoms with E-state index in [1.54, 1.807) is 0 Å². The second-order valence-electron chi connectivity index (χ2n) is 5.31. The minimum Gasteiger partial charge on any atom is -0.317 e. The highest BCUT2D eigenvalue weighted by Crippen LogP contribution is 2.38. The summed E-state index contributed by atoms with van der Waals surface area (Å²) in [6, 6.07) is 0.597. The van der Waals surface area contributed by atoms with Crippen LogP contribution in [0.5, 0.6) is 0 Å². The molecule has 0 saturated heterocycles. The SMILES string of the molecule is CCCS(=O)C1C(CI)CC(NC)C(C)C1C. The largest absolute Gasteiger partial charge is 0.317 e. The average Bonchev–Trinajstić information content (AvgIpc) is 2.32. The number of alkyl halides is 1. The highest BCUT2D eigenvalue weighted by Gasteiger charge is 2.41. The van der Waals surface area contributed by atoms with Crippen molar-refractivity contribution in [3.05, 3.63) is 0 Å². The monoisotopic (exact) mass is 371 g/mol. The number of rotatable bonds is 5. The summed E-state index contributed by atoms with van der Waals surface area (Å²) in [5.41, 5.74) is 0. The summed E-state index contributed by atoms with van der Waals surface area (Å²) in [6.07, 6.45) is 2.22. The van der Waals surface area contributed by atoms with Crippen LogP contribution in [0.2, 0.25) is 0 Å². The summed E-state index contributed by atoms with van der Waals surface area (Å²) >= 11 is 2.46. The van der Waals surface area contributed by atoms with E-state index in [-0.39, 0.29) is 0 Å². The van der Waals surface area contributed by atoms with Crippen LogP contribution in [0.4, 0.5) is 0 Å². The molecule has 0 aromatic heterocycles. The van der Waals surface area contributed by atoms with Gasteiger partial charge in [0, 0.05) is 32.3 Å². The highest BCUT2D eigenvalue weighted by atomic mass is 127. The molecular formula is C13H26INOS. The van der Waals surface area contributed by atoms with Crippen molar-refractivity contribution < 1.29 is 4.21 Å². The van der Waals surface area contributed by atoms with E-state index in [4.69, 9.17) is 0 Å². The van der Waals surface area contributed by atoms with Crippen LogP contribution < -0.4 is 5.32 Å². The maximum Gasteiger partial charge on any atom is 0.0412 e. The normalized spacial score (nSPS) is 40.2. The van der Waals surface area contributed by atoms with E-state index in [2.05, 4.69) is 55.7 Å². The Bertz CT molecular complexity index is 260. The first-order valence-corrected chi connectivity index (χ1v) is 9.57. The van der Waals surface area contributed by atoms with Crippen molar-refractivity contribution in [3.63, 3.8) is 0 Å². The van der Waals surface area contributed by atoms with Gasteiger partial charge in [0.25, 0.3) is 0 Å². The predicted octanol–water partition coefficient (Wildman–Crippen LogP) is 2.83. The standard InChI is InChI=1S/C13H26INOS/c1-5-6-17(16)13-10(3)9(2)12(15-4)7-11(13)8-14/h9-13,15H,5-8H2,1-4H3. The smallest absolute Gasteiger partial charge is 0.0412 e. The lowest BCUT2D eigenvalue weighted by molar-refractivity contribution is 0.178. The molecule has 0 heterocycles. The van der Waals surface area contributed by atoms with Crippen molar-refractivity contribution in [2.45, 2.75) is 44.9 Å². The zero-order chi connectivity index (χ0) is 13.0. The van der Waals surface area contributed by atoms with E-state index in [0.717, 1.165) is 16.6 Å². The number of hydrogen-bond acceptors (Lipinski definition) is 2. The van der Waals surface area contributed by atoms with E-state index in [0.29, 0.717) is 29.0 Å². The van der Waals surface area contributed by atoms with Crippen molar-refractivity contribution in [3.8, 4) is 0 Å². The maximum absolute atomic E-state index is 12.4. The van der Waals surface area contributed by atoms with Crippen LogP contribution in [0.15, 0.2) is 0 Å².